The number of hydrogen-bond acceptors (Lipinski definition) is 4. The first kappa shape index (κ1) is 14.3. The molecule has 1 aliphatic rings. The number of benzene rings is 2. The smallest absolute Gasteiger partial charge is 0.228 e. The van der Waals surface area contributed by atoms with E-state index in [4.69, 9.17) is 15.2 Å². The maximum Gasteiger partial charge on any atom is 0.228 e. The minimum atomic E-state index is -0.0840. The third kappa shape index (κ3) is 3.49. The van der Waals surface area contributed by atoms with E-state index in [0.29, 0.717) is 42.5 Å². The zero-order valence-corrected chi connectivity index (χ0v) is 12.2. The molecule has 0 aromatic heterocycles. The fourth-order valence-electron chi connectivity index (χ4n) is 2.27. The second kappa shape index (κ2) is 6.39. The van der Waals surface area contributed by atoms with Gasteiger partial charge in [0.2, 0.25) is 5.91 Å². The van der Waals surface area contributed by atoms with E-state index >= 15 is 0 Å². The summed E-state index contributed by atoms with van der Waals surface area (Å²) in [7, 11) is 0. The van der Waals surface area contributed by atoms with Crippen molar-refractivity contribution in [3.63, 3.8) is 0 Å². The first-order valence-electron chi connectivity index (χ1n) is 7.24. The Morgan fingerprint density at radius 3 is 2.55 bits per heavy atom. The summed E-state index contributed by atoms with van der Waals surface area (Å²) in [6.07, 6.45) is 1.15. The average Bonchev–Trinajstić information content (AvgIpc) is 2.74. The standard InChI is InChI=1S/C17H18N2O3/c18-13-4-2-12(3-5-13)10-17(20)19-14-6-7-15-16(11-14)22-9-1-8-21-15/h2-7,11H,1,8-10,18H2,(H,19,20). The summed E-state index contributed by atoms with van der Waals surface area (Å²) in [5.74, 6) is 1.30. The van der Waals surface area contributed by atoms with E-state index in [1.165, 1.54) is 0 Å². The minimum Gasteiger partial charge on any atom is -0.490 e. The Hall–Kier alpha value is -2.69. The third-order valence-electron chi connectivity index (χ3n) is 3.38. The van der Waals surface area contributed by atoms with Crippen LogP contribution in [0.5, 0.6) is 11.5 Å². The molecule has 1 aliphatic heterocycles. The number of ether oxygens (including phenoxy) is 2. The monoisotopic (exact) mass is 298 g/mol. The van der Waals surface area contributed by atoms with Crippen LogP contribution in [0.3, 0.4) is 0 Å². The van der Waals surface area contributed by atoms with E-state index in [1.807, 2.05) is 24.3 Å². The number of amides is 1. The van der Waals surface area contributed by atoms with Gasteiger partial charge in [-0.1, -0.05) is 12.1 Å². The van der Waals surface area contributed by atoms with Gasteiger partial charge >= 0.3 is 0 Å². The van der Waals surface area contributed by atoms with Crippen LogP contribution in [0.1, 0.15) is 12.0 Å². The number of carbonyl (C=O) groups is 1. The highest BCUT2D eigenvalue weighted by Crippen LogP contribution is 2.32. The normalized spacial score (nSPS) is 13.3. The fourth-order valence-corrected chi connectivity index (χ4v) is 2.27. The number of carbonyl (C=O) groups excluding carboxylic acids is 1. The summed E-state index contributed by atoms with van der Waals surface area (Å²) in [5, 5.41) is 2.87. The molecule has 0 saturated carbocycles. The molecule has 5 heteroatoms. The van der Waals surface area contributed by atoms with Gasteiger partial charge in [-0.05, 0) is 29.8 Å². The van der Waals surface area contributed by atoms with Crippen molar-refractivity contribution >= 4 is 17.3 Å². The van der Waals surface area contributed by atoms with Gasteiger partial charge < -0.3 is 20.5 Å². The van der Waals surface area contributed by atoms with Gasteiger partial charge in [0, 0.05) is 23.9 Å². The van der Waals surface area contributed by atoms with Crippen LogP contribution < -0.4 is 20.5 Å². The zero-order chi connectivity index (χ0) is 15.4. The Morgan fingerprint density at radius 1 is 1.05 bits per heavy atom. The molecule has 1 amide bonds. The molecule has 5 nitrogen and oxygen atoms in total. The molecule has 0 spiro atoms. The van der Waals surface area contributed by atoms with Crippen molar-refractivity contribution in [3.8, 4) is 11.5 Å². The summed E-state index contributed by atoms with van der Waals surface area (Å²) in [5.41, 5.74) is 7.94. The first-order chi connectivity index (χ1) is 10.7. The van der Waals surface area contributed by atoms with E-state index < -0.39 is 0 Å². The van der Waals surface area contributed by atoms with Crippen molar-refractivity contribution in [2.24, 2.45) is 0 Å². The van der Waals surface area contributed by atoms with Gasteiger partial charge in [0.05, 0.1) is 19.6 Å². The molecular weight excluding hydrogens is 280 g/mol. The number of anilines is 2. The highest BCUT2D eigenvalue weighted by Gasteiger charge is 2.12. The van der Waals surface area contributed by atoms with Crippen LogP contribution in [0.2, 0.25) is 0 Å². The lowest BCUT2D eigenvalue weighted by Gasteiger charge is -2.10. The van der Waals surface area contributed by atoms with Gasteiger partial charge in [-0.2, -0.15) is 0 Å². The van der Waals surface area contributed by atoms with E-state index in [2.05, 4.69) is 5.32 Å². The Kier molecular flexibility index (Phi) is 4.14. The summed E-state index contributed by atoms with van der Waals surface area (Å²) < 4.78 is 11.2. The molecule has 3 rings (SSSR count). The summed E-state index contributed by atoms with van der Waals surface area (Å²) in [6.45, 7) is 1.27. The van der Waals surface area contributed by atoms with Crippen molar-refractivity contribution in [2.45, 2.75) is 12.8 Å². The van der Waals surface area contributed by atoms with Crippen molar-refractivity contribution < 1.29 is 14.3 Å². The molecule has 0 bridgehead atoms. The van der Waals surface area contributed by atoms with Gasteiger partial charge in [-0.15, -0.1) is 0 Å². The van der Waals surface area contributed by atoms with Crippen molar-refractivity contribution in [1.82, 2.24) is 0 Å². The second-order valence-electron chi connectivity index (χ2n) is 5.18. The second-order valence-corrected chi connectivity index (χ2v) is 5.18. The van der Waals surface area contributed by atoms with E-state index in [-0.39, 0.29) is 5.91 Å². The Bertz CT molecular complexity index is 668. The predicted octanol–water partition coefficient (Wildman–Crippen LogP) is 2.61. The van der Waals surface area contributed by atoms with Crippen LogP contribution in [-0.4, -0.2) is 19.1 Å². The number of rotatable bonds is 3. The molecule has 0 fully saturated rings. The first-order valence-corrected chi connectivity index (χ1v) is 7.24. The summed E-state index contributed by atoms with van der Waals surface area (Å²) in [4.78, 5) is 12.1. The lowest BCUT2D eigenvalue weighted by molar-refractivity contribution is -0.115. The maximum absolute atomic E-state index is 12.1. The molecule has 0 saturated heterocycles. The SMILES string of the molecule is Nc1ccc(CC(=O)Nc2ccc3c(c2)OCCCO3)cc1. The van der Waals surface area contributed by atoms with E-state index in [1.54, 1.807) is 18.2 Å². The molecule has 0 atom stereocenters. The topological polar surface area (TPSA) is 73.6 Å². The Morgan fingerprint density at radius 2 is 1.77 bits per heavy atom. The highest BCUT2D eigenvalue weighted by molar-refractivity contribution is 5.92. The molecule has 0 aliphatic carbocycles. The van der Waals surface area contributed by atoms with Gasteiger partial charge in [0.15, 0.2) is 11.5 Å². The van der Waals surface area contributed by atoms with E-state index in [0.717, 1.165) is 12.0 Å². The van der Waals surface area contributed by atoms with Gasteiger partial charge in [-0.25, -0.2) is 0 Å². The molecule has 2 aromatic carbocycles. The Labute approximate surface area is 129 Å². The van der Waals surface area contributed by atoms with Crippen molar-refractivity contribution in [1.29, 1.82) is 0 Å². The number of nitrogen functional groups attached to an aromatic ring is 1. The number of fused-ring (bicyclic) bond motifs is 1. The van der Waals surface area contributed by atoms with Crippen LogP contribution in [0.15, 0.2) is 42.5 Å². The maximum atomic E-state index is 12.1. The zero-order valence-electron chi connectivity index (χ0n) is 12.2. The number of nitrogens with two attached hydrogens (primary N) is 1. The third-order valence-corrected chi connectivity index (χ3v) is 3.38. The molecule has 114 valence electrons. The van der Waals surface area contributed by atoms with Crippen molar-refractivity contribution in [2.75, 3.05) is 24.3 Å². The average molecular weight is 298 g/mol. The van der Waals surface area contributed by atoms with Crippen LogP contribution in [0, 0.1) is 0 Å². The Balaban J connectivity index is 1.66. The minimum absolute atomic E-state index is 0.0840. The summed E-state index contributed by atoms with van der Waals surface area (Å²) >= 11 is 0. The van der Waals surface area contributed by atoms with Gasteiger partial charge in [0.1, 0.15) is 0 Å². The van der Waals surface area contributed by atoms with Gasteiger partial charge in [-0.3, -0.25) is 4.79 Å². The molecule has 2 aromatic rings. The largest absolute Gasteiger partial charge is 0.490 e. The highest BCUT2D eigenvalue weighted by atomic mass is 16.5. The van der Waals surface area contributed by atoms with Crippen LogP contribution >= 0.6 is 0 Å². The molecule has 1 heterocycles. The van der Waals surface area contributed by atoms with Crippen molar-refractivity contribution in [3.05, 3.63) is 48.0 Å². The number of nitrogens with one attached hydrogen (secondary N) is 1. The molecule has 0 radical (unpaired) electrons. The quantitative estimate of drug-likeness (QED) is 0.854. The lowest BCUT2D eigenvalue weighted by atomic mass is 10.1. The molecule has 3 N–H and O–H groups in total. The van der Waals surface area contributed by atoms with Gasteiger partial charge in [0.25, 0.3) is 0 Å². The number of hydrogen-bond donors (Lipinski definition) is 2. The van der Waals surface area contributed by atoms with Crippen LogP contribution in [-0.2, 0) is 11.2 Å². The van der Waals surface area contributed by atoms with Crippen LogP contribution in [0.25, 0.3) is 0 Å². The predicted molar refractivity (Wildman–Crippen MR) is 85.2 cm³/mol. The van der Waals surface area contributed by atoms with E-state index in [9.17, 15) is 4.79 Å². The fraction of sp³-hybridized carbons (Fsp3) is 0.235. The lowest BCUT2D eigenvalue weighted by Crippen LogP contribution is -2.14. The molecule has 22 heavy (non-hydrogen) atoms. The molecule has 0 unspecified atom stereocenters. The van der Waals surface area contributed by atoms with Crippen LogP contribution in [0.4, 0.5) is 11.4 Å². The molecular formula is C17H18N2O3. The summed E-state index contributed by atoms with van der Waals surface area (Å²) in [6, 6.07) is 12.7.